The summed E-state index contributed by atoms with van der Waals surface area (Å²) in [7, 11) is 0. The molecule has 1 aliphatic heterocycles. The molecule has 1 aliphatic rings. The van der Waals surface area contributed by atoms with Crippen molar-refractivity contribution in [1.82, 2.24) is 15.2 Å². The van der Waals surface area contributed by atoms with Crippen LogP contribution in [0.2, 0.25) is 0 Å². The van der Waals surface area contributed by atoms with E-state index >= 15 is 0 Å². The van der Waals surface area contributed by atoms with Crippen LogP contribution in [0.5, 0.6) is 0 Å². The molecule has 1 amide bonds. The molecule has 0 spiro atoms. The highest BCUT2D eigenvalue weighted by molar-refractivity contribution is 5.93. The molecule has 0 aliphatic carbocycles. The average Bonchev–Trinajstić information content (AvgIpc) is 3.23. The van der Waals surface area contributed by atoms with Gasteiger partial charge in [-0.2, -0.15) is 0 Å². The molecule has 55 heavy (non-hydrogen) atoms. The maximum Gasteiger partial charge on any atom is 0.253 e. The van der Waals surface area contributed by atoms with Gasteiger partial charge in [0.05, 0.1) is 24.4 Å². The molecule has 2 heterocycles. The van der Waals surface area contributed by atoms with Crippen molar-refractivity contribution in [3.8, 4) is 11.1 Å². The number of aliphatic hydroxyl groups excluding tert-OH is 1. The Morgan fingerprint density at radius 3 is 2.04 bits per heavy atom. The fraction of sp³-hybridized carbons (Fsp3) is 0.500. The molecular formula is C48H65N3O4. The van der Waals surface area contributed by atoms with Crippen molar-refractivity contribution < 1.29 is 19.4 Å². The third kappa shape index (κ3) is 13.4. The van der Waals surface area contributed by atoms with E-state index in [0.29, 0.717) is 12.1 Å². The molecule has 7 heteroatoms. The van der Waals surface area contributed by atoms with E-state index in [1.807, 2.05) is 24.3 Å². The first-order valence-electron chi connectivity index (χ1n) is 21.1. The zero-order valence-electron chi connectivity index (χ0n) is 33.6. The highest BCUT2D eigenvalue weighted by Gasteiger charge is 2.39. The molecule has 2 N–H and O–H groups in total. The summed E-state index contributed by atoms with van der Waals surface area (Å²) in [5.74, 6) is -0.0106. The van der Waals surface area contributed by atoms with Gasteiger partial charge < -0.3 is 24.8 Å². The number of benzene rings is 3. The number of pyridine rings is 1. The number of aromatic nitrogens is 1. The van der Waals surface area contributed by atoms with Crippen LogP contribution in [0.3, 0.4) is 0 Å². The van der Waals surface area contributed by atoms with E-state index in [4.69, 9.17) is 9.47 Å². The maximum atomic E-state index is 12.7. The Morgan fingerprint density at radius 1 is 0.727 bits per heavy atom. The Balaban J connectivity index is 1.33. The van der Waals surface area contributed by atoms with Gasteiger partial charge in [0, 0.05) is 37.0 Å². The zero-order chi connectivity index (χ0) is 38.7. The van der Waals surface area contributed by atoms with Gasteiger partial charge in [-0.1, -0.05) is 146 Å². The van der Waals surface area contributed by atoms with E-state index in [0.717, 1.165) is 53.0 Å². The van der Waals surface area contributed by atoms with Crippen LogP contribution in [0, 0.1) is 5.92 Å². The molecule has 1 saturated heterocycles. The van der Waals surface area contributed by atoms with Crippen molar-refractivity contribution in [2.75, 3.05) is 19.6 Å². The molecule has 4 unspecified atom stereocenters. The second-order valence-electron chi connectivity index (χ2n) is 15.4. The number of unbranched alkanes of at least 4 members (excludes halogenated alkanes) is 10. The molecule has 5 rings (SSSR count). The first-order valence-corrected chi connectivity index (χ1v) is 21.1. The van der Waals surface area contributed by atoms with Gasteiger partial charge in [0.15, 0.2) is 6.29 Å². The van der Waals surface area contributed by atoms with Gasteiger partial charge in [-0.15, -0.1) is 0 Å². The topological polar surface area (TPSA) is 83.9 Å². The largest absolute Gasteiger partial charge is 0.392 e. The van der Waals surface area contributed by atoms with E-state index in [-0.39, 0.29) is 30.6 Å². The molecule has 4 atom stereocenters. The second-order valence-corrected chi connectivity index (χ2v) is 15.4. The fourth-order valence-electron chi connectivity index (χ4n) is 7.62. The number of aliphatic hydroxyl groups is 1. The van der Waals surface area contributed by atoms with Crippen LogP contribution in [0.1, 0.15) is 143 Å². The average molecular weight is 748 g/mol. The first-order chi connectivity index (χ1) is 27.0. The minimum absolute atomic E-state index is 0.0168. The van der Waals surface area contributed by atoms with Crippen LogP contribution in [0.15, 0.2) is 97.3 Å². The van der Waals surface area contributed by atoms with Crippen molar-refractivity contribution in [3.05, 3.63) is 125 Å². The Morgan fingerprint density at radius 2 is 1.38 bits per heavy atom. The standard InChI is InChI=1S/C48H65N3O4/c1-4-6-8-10-12-14-29-51(30-15-13-11-9-7-5-2)35-45-37(3)46(40-26-24-38(36-52)25-27-40)55-48(54-45)43-22-17-21-42(32-43)41-20-16-19-39(31-41)33-50-47(53)44-23-18-28-49-34-44/h16-28,31-32,34,37,45-46,48,52H,4-15,29-30,33,35-36H2,1-3H3,(H,50,53). The molecule has 1 fully saturated rings. The summed E-state index contributed by atoms with van der Waals surface area (Å²) in [6.45, 7) is 10.3. The molecule has 0 saturated carbocycles. The molecule has 4 aromatic rings. The predicted molar refractivity (Wildman–Crippen MR) is 223 cm³/mol. The molecule has 296 valence electrons. The molecular weight excluding hydrogens is 683 g/mol. The SMILES string of the molecule is CCCCCCCCN(CCCCCCCC)CC1OC(c2cccc(-c3cccc(CNC(=O)c4cccnc4)c3)c2)OC(c2ccc(CO)cc2)C1C. The Hall–Kier alpha value is -3.88. The summed E-state index contributed by atoms with van der Waals surface area (Å²) in [4.78, 5) is 19.4. The third-order valence-electron chi connectivity index (χ3n) is 11.0. The van der Waals surface area contributed by atoms with Gasteiger partial charge in [0.25, 0.3) is 5.91 Å². The van der Waals surface area contributed by atoms with Crippen molar-refractivity contribution in [2.45, 2.75) is 129 Å². The normalized spacial score (nSPS) is 18.4. The molecule has 0 bridgehead atoms. The summed E-state index contributed by atoms with van der Waals surface area (Å²) in [6, 6.07) is 28.5. The fourth-order valence-corrected chi connectivity index (χ4v) is 7.62. The van der Waals surface area contributed by atoms with Gasteiger partial charge >= 0.3 is 0 Å². The summed E-state index contributed by atoms with van der Waals surface area (Å²) in [5.41, 5.74) is 6.68. The van der Waals surface area contributed by atoms with E-state index in [2.05, 4.69) is 84.5 Å². The van der Waals surface area contributed by atoms with E-state index < -0.39 is 6.29 Å². The monoisotopic (exact) mass is 747 g/mol. The third-order valence-corrected chi connectivity index (χ3v) is 11.0. The number of amides is 1. The van der Waals surface area contributed by atoms with Crippen LogP contribution in [0.25, 0.3) is 11.1 Å². The van der Waals surface area contributed by atoms with Gasteiger partial charge in [-0.25, -0.2) is 0 Å². The maximum absolute atomic E-state index is 12.7. The molecule has 7 nitrogen and oxygen atoms in total. The number of nitrogens with one attached hydrogen (secondary N) is 1. The highest BCUT2D eigenvalue weighted by Crippen LogP contribution is 2.42. The number of ether oxygens (including phenoxy) is 2. The number of nitrogens with zero attached hydrogens (tertiary/aromatic N) is 2. The van der Waals surface area contributed by atoms with Crippen molar-refractivity contribution >= 4 is 5.91 Å². The summed E-state index contributed by atoms with van der Waals surface area (Å²) < 4.78 is 13.9. The molecule has 1 aromatic heterocycles. The van der Waals surface area contributed by atoms with Crippen LogP contribution in [-0.4, -0.2) is 46.6 Å². The minimum atomic E-state index is -0.532. The van der Waals surface area contributed by atoms with Gasteiger partial charge in [0.2, 0.25) is 0 Å². The van der Waals surface area contributed by atoms with Crippen LogP contribution < -0.4 is 5.32 Å². The van der Waals surface area contributed by atoms with Crippen molar-refractivity contribution in [1.29, 1.82) is 0 Å². The summed E-state index contributed by atoms with van der Waals surface area (Å²) in [6.07, 6.45) is 18.0. The lowest BCUT2D eigenvalue weighted by molar-refractivity contribution is -0.276. The lowest BCUT2D eigenvalue weighted by Crippen LogP contribution is -2.45. The van der Waals surface area contributed by atoms with Crippen molar-refractivity contribution in [2.24, 2.45) is 5.92 Å². The smallest absolute Gasteiger partial charge is 0.253 e. The minimum Gasteiger partial charge on any atom is -0.392 e. The van der Waals surface area contributed by atoms with Crippen molar-refractivity contribution in [3.63, 3.8) is 0 Å². The number of rotatable bonds is 23. The van der Waals surface area contributed by atoms with E-state index in [1.54, 1.807) is 24.5 Å². The van der Waals surface area contributed by atoms with Crippen LogP contribution >= 0.6 is 0 Å². The van der Waals surface area contributed by atoms with Gasteiger partial charge in [-0.3, -0.25) is 9.78 Å². The number of carbonyl (C=O) groups is 1. The Kier molecular flexibility index (Phi) is 17.9. The lowest BCUT2D eigenvalue weighted by atomic mass is 9.89. The first kappa shape index (κ1) is 42.3. The van der Waals surface area contributed by atoms with Gasteiger partial charge in [0.1, 0.15) is 0 Å². The molecule has 3 aromatic carbocycles. The van der Waals surface area contributed by atoms with E-state index in [1.165, 1.54) is 77.0 Å². The van der Waals surface area contributed by atoms with Gasteiger partial charge in [-0.05, 0) is 78.0 Å². The number of hydrogen-bond donors (Lipinski definition) is 2. The Bertz CT molecular complexity index is 1660. The highest BCUT2D eigenvalue weighted by atomic mass is 16.7. The predicted octanol–water partition coefficient (Wildman–Crippen LogP) is 11.0. The van der Waals surface area contributed by atoms with Crippen LogP contribution in [-0.2, 0) is 22.6 Å². The second kappa shape index (κ2) is 23.2. The lowest BCUT2D eigenvalue weighted by Gasteiger charge is -2.43. The van der Waals surface area contributed by atoms with E-state index in [9.17, 15) is 9.90 Å². The quantitative estimate of drug-likeness (QED) is 0.0735. The van der Waals surface area contributed by atoms with Crippen LogP contribution in [0.4, 0.5) is 0 Å². The summed E-state index contributed by atoms with van der Waals surface area (Å²) >= 11 is 0. The number of carbonyl (C=O) groups excluding carboxylic acids is 1. The zero-order valence-corrected chi connectivity index (χ0v) is 33.6. The summed E-state index contributed by atoms with van der Waals surface area (Å²) in [5, 5.41) is 12.8. The Labute approximate surface area is 330 Å². The molecule has 0 radical (unpaired) electrons. The number of hydrogen-bond acceptors (Lipinski definition) is 6.